The molecule has 1 fully saturated rings. The first-order valence-corrected chi connectivity index (χ1v) is 9.76. The smallest absolute Gasteiger partial charge is 0.214 e. The molecule has 0 aromatic carbocycles. The molecule has 1 N–H and O–H groups in total. The number of methoxy groups -OCH3 is 1. The van der Waals surface area contributed by atoms with Gasteiger partial charge >= 0.3 is 0 Å². The van der Waals surface area contributed by atoms with E-state index in [2.05, 4.69) is 14.7 Å². The van der Waals surface area contributed by atoms with E-state index in [0.717, 1.165) is 12.8 Å². The van der Waals surface area contributed by atoms with E-state index < -0.39 is 10.0 Å². The van der Waals surface area contributed by atoms with Crippen LogP contribution in [0.25, 0.3) is 11.4 Å². The van der Waals surface area contributed by atoms with Crippen LogP contribution in [0.2, 0.25) is 0 Å². The van der Waals surface area contributed by atoms with Crippen LogP contribution >= 0.6 is 0 Å². The molecule has 7 nitrogen and oxygen atoms in total. The van der Waals surface area contributed by atoms with Gasteiger partial charge in [0.1, 0.15) is 5.75 Å². The van der Waals surface area contributed by atoms with Crippen molar-refractivity contribution in [3.05, 3.63) is 42.2 Å². The molecule has 25 heavy (non-hydrogen) atoms. The average molecular weight is 363 g/mol. The standard InChI is InChI=1S/C17H21N3O4S/c1-23-15-9-13(20-17(10-15)16-6-2-3-7-18-16)11-19-25(21,22)12-14-5-4-8-24-14/h2-3,6-7,9-10,14,19H,4-5,8,11-12H2,1H3. The summed E-state index contributed by atoms with van der Waals surface area (Å²) in [4.78, 5) is 8.76. The fourth-order valence-corrected chi connectivity index (χ4v) is 3.92. The summed E-state index contributed by atoms with van der Waals surface area (Å²) in [5.74, 6) is 0.577. The molecule has 2 aromatic rings. The van der Waals surface area contributed by atoms with Crippen LogP contribution in [-0.4, -0.2) is 44.0 Å². The van der Waals surface area contributed by atoms with Crippen molar-refractivity contribution in [2.75, 3.05) is 19.5 Å². The average Bonchev–Trinajstić information content (AvgIpc) is 3.13. The number of nitrogens with one attached hydrogen (secondary N) is 1. The molecule has 0 aliphatic carbocycles. The van der Waals surface area contributed by atoms with E-state index in [9.17, 15) is 8.42 Å². The Hall–Kier alpha value is -2.03. The lowest BCUT2D eigenvalue weighted by Crippen LogP contribution is -2.31. The van der Waals surface area contributed by atoms with Gasteiger partial charge in [0.2, 0.25) is 10.0 Å². The number of hydrogen-bond donors (Lipinski definition) is 1. The van der Waals surface area contributed by atoms with Gasteiger partial charge in [0.15, 0.2) is 0 Å². The lowest BCUT2D eigenvalue weighted by atomic mass is 10.2. The van der Waals surface area contributed by atoms with Gasteiger partial charge in [-0.1, -0.05) is 6.07 Å². The molecule has 1 saturated heterocycles. The highest BCUT2D eigenvalue weighted by atomic mass is 32.2. The lowest BCUT2D eigenvalue weighted by molar-refractivity contribution is 0.127. The van der Waals surface area contributed by atoms with Crippen molar-refractivity contribution >= 4 is 10.0 Å². The third kappa shape index (κ3) is 4.97. The molecule has 1 unspecified atom stereocenters. The summed E-state index contributed by atoms with van der Waals surface area (Å²) in [5, 5.41) is 0. The zero-order valence-corrected chi connectivity index (χ0v) is 14.8. The fourth-order valence-electron chi connectivity index (χ4n) is 2.68. The van der Waals surface area contributed by atoms with E-state index in [1.54, 1.807) is 25.4 Å². The number of sulfonamides is 1. The van der Waals surface area contributed by atoms with Crippen molar-refractivity contribution in [2.45, 2.75) is 25.5 Å². The van der Waals surface area contributed by atoms with Crippen LogP contribution in [-0.2, 0) is 21.3 Å². The summed E-state index contributed by atoms with van der Waals surface area (Å²) in [6, 6.07) is 9.01. The van der Waals surface area contributed by atoms with Gasteiger partial charge in [0.25, 0.3) is 0 Å². The van der Waals surface area contributed by atoms with Crippen LogP contribution in [0.1, 0.15) is 18.5 Å². The first-order chi connectivity index (χ1) is 12.1. The van der Waals surface area contributed by atoms with Gasteiger partial charge in [-0.25, -0.2) is 18.1 Å². The molecule has 134 valence electrons. The fraction of sp³-hybridized carbons (Fsp3) is 0.412. The van der Waals surface area contributed by atoms with Crippen molar-refractivity contribution in [2.24, 2.45) is 0 Å². The van der Waals surface area contributed by atoms with Gasteiger partial charge < -0.3 is 9.47 Å². The molecular weight excluding hydrogens is 342 g/mol. The van der Waals surface area contributed by atoms with E-state index in [1.165, 1.54) is 0 Å². The topological polar surface area (TPSA) is 90.4 Å². The SMILES string of the molecule is COc1cc(CNS(=O)(=O)CC2CCCO2)nc(-c2ccccn2)c1. The molecular formula is C17H21N3O4S. The third-order valence-electron chi connectivity index (χ3n) is 3.92. The van der Waals surface area contributed by atoms with Crippen molar-refractivity contribution in [3.8, 4) is 17.1 Å². The normalized spacial score (nSPS) is 17.6. The molecule has 1 aliphatic rings. The minimum Gasteiger partial charge on any atom is -0.497 e. The molecule has 0 saturated carbocycles. The van der Waals surface area contributed by atoms with Crippen LogP contribution in [0.4, 0.5) is 0 Å². The first kappa shape index (κ1) is 17.8. The highest BCUT2D eigenvalue weighted by Gasteiger charge is 2.23. The maximum atomic E-state index is 12.2. The van der Waals surface area contributed by atoms with E-state index >= 15 is 0 Å². The Morgan fingerprint density at radius 2 is 2.20 bits per heavy atom. The lowest BCUT2D eigenvalue weighted by Gasteiger charge is -2.12. The Labute approximate surface area is 147 Å². The Balaban J connectivity index is 1.73. The van der Waals surface area contributed by atoms with E-state index in [4.69, 9.17) is 9.47 Å². The van der Waals surface area contributed by atoms with Gasteiger partial charge in [-0.2, -0.15) is 0 Å². The maximum Gasteiger partial charge on any atom is 0.214 e. The Morgan fingerprint density at radius 1 is 1.32 bits per heavy atom. The summed E-state index contributed by atoms with van der Waals surface area (Å²) >= 11 is 0. The molecule has 0 radical (unpaired) electrons. The van der Waals surface area contributed by atoms with Crippen LogP contribution < -0.4 is 9.46 Å². The summed E-state index contributed by atoms with van der Waals surface area (Å²) in [7, 11) is -1.87. The molecule has 3 rings (SSSR count). The van der Waals surface area contributed by atoms with Crippen molar-refractivity contribution in [1.29, 1.82) is 0 Å². The molecule has 1 atom stereocenters. The molecule has 8 heteroatoms. The maximum absolute atomic E-state index is 12.2. The summed E-state index contributed by atoms with van der Waals surface area (Å²) in [6.07, 6.45) is 3.15. The molecule has 0 amide bonds. The van der Waals surface area contributed by atoms with E-state index in [1.807, 2.05) is 18.2 Å². The molecule has 0 bridgehead atoms. The van der Waals surface area contributed by atoms with Crippen LogP contribution in [0, 0.1) is 0 Å². The third-order valence-corrected chi connectivity index (χ3v) is 5.31. The summed E-state index contributed by atoms with van der Waals surface area (Å²) < 4.78 is 37.7. The van der Waals surface area contributed by atoms with E-state index in [0.29, 0.717) is 29.4 Å². The zero-order valence-electron chi connectivity index (χ0n) is 14.0. The minimum atomic E-state index is -3.43. The van der Waals surface area contributed by atoms with Crippen LogP contribution in [0.3, 0.4) is 0 Å². The van der Waals surface area contributed by atoms with Crippen molar-refractivity contribution < 1.29 is 17.9 Å². The molecule has 1 aliphatic heterocycles. The van der Waals surface area contributed by atoms with Gasteiger partial charge in [0.05, 0.1) is 42.6 Å². The van der Waals surface area contributed by atoms with Crippen molar-refractivity contribution in [1.82, 2.24) is 14.7 Å². The van der Waals surface area contributed by atoms with Gasteiger partial charge in [-0.15, -0.1) is 0 Å². The van der Waals surface area contributed by atoms with Crippen LogP contribution in [0.15, 0.2) is 36.5 Å². The predicted octanol–water partition coefficient (Wildman–Crippen LogP) is 1.75. The molecule has 0 spiro atoms. The molecule has 2 aromatic heterocycles. The van der Waals surface area contributed by atoms with Gasteiger partial charge in [-0.05, 0) is 25.0 Å². The number of nitrogens with zero attached hydrogens (tertiary/aromatic N) is 2. The van der Waals surface area contributed by atoms with Gasteiger partial charge in [-0.3, -0.25) is 4.98 Å². The van der Waals surface area contributed by atoms with Crippen molar-refractivity contribution in [3.63, 3.8) is 0 Å². The number of rotatable bonds is 7. The number of pyridine rings is 2. The van der Waals surface area contributed by atoms with Crippen LogP contribution in [0.5, 0.6) is 5.75 Å². The largest absolute Gasteiger partial charge is 0.497 e. The van der Waals surface area contributed by atoms with Gasteiger partial charge in [0, 0.05) is 24.9 Å². The Bertz CT molecular complexity index is 806. The second-order valence-corrected chi connectivity index (χ2v) is 7.69. The highest BCUT2D eigenvalue weighted by molar-refractivity contribution is 7.89. The second-order valence-electron chi connectivity index (χ2n) is 5.84. The number of ether oxygens (including phenoxy) is 2. The van der Waals surface area contributed by atoms with E-state index in [-0.39, 0.29) is 18.4 Å². The number of aromatic nitrogens is 2. The Morgan fingerprint density at radius 3 is 2.88 bits per heavy atom. The summed E-state index contributed by atoms with van der Waals surface area (Å²) in [5.41, 5.74) is 1.90. The number of hydrogen-bond acceptors (Lipinski definition) is 6. The first-order valence-electron chi connectivity index (χ1n) is 8.11. The Kier molecular flexibility index (Phi) is 5.62. The molecule has 3 heterocycles. The monoisotopic (exact) mass is 363 g/mol. The predicted molar refractivity (Wildman–Crippen MR) is 93.6 cm³/mol. The summed E-state index contributed by atoms with van der Waals surface area (Å²) in [6.45, 7) is 0.719. The zero-order chi connectivity index (χ0) is 17.7. The second kappa shape index (κ2) is 7.90. The minimum absolute atomic E-state index is 0.0237. The quantitative estimate of drug-likeness (QED) is 0.806. The highest BCUT2D eigenvalue weighted by Crippen LogP contribution is 2.21.